The topological polar surface area (TPSA) is 20.2 Å². The molecule has 0 bridgehead atoms. The van der Waals surface area contributed by atoms with Gasteiger partial charge in [-0.25, -0.2) is 0 Å². The number of aryl methyl sites for hydroxylation is 1. The lowest BCUT2D eigenvalue weighted by atomic mass is 10.0. The van der Waals surface area contributed by atoms with Crippen molar-refractivity contribution in [3.05, 3.63) is 29.3 Å². The van der Waals surface area contributed by atoms with Crippen LogP contribution in [0.3, 0.4) is 0 Å². The van der Waals surface area contributed by atoms with E-state index in [4.69, 9.17) is 0 Å². The van der Waals surface area contributed by atoms with E-state index in [2.05, 4.69) is 34.1 Å². The average molecular weight is 194 g/mol. The molecule has 0 saturated heterocycles. The van der Waals surface area contributed by atoms with E-state index in [1.807, 2.05) is 13.0 Å². The van der Waals surface area contributed by atoms with Crippen LogP contribution in [0.15, 0.2) is 18.2 Å². The number of aromatic hydroxyl groups is 1. The van der Waals surface area contributed by atoms with E-state index in [9.17, 15) is 5.11 Å². The third-order valence-corrected chi connectivity index (χ3v) is 2.87. The molecule has 0 aliphatic rings. The molecule has 1 atom stereocenters. The maximum Gasteiger partial charge on any atom is 0.118 e. The number of phenols is 1. The van der Waals surface area contributed by atoms with Crippen LogP contribution in [0.25, 0.3) is 0 Å². The van der Waals surface area contributed by atoms with Crippen LogP contribution in [0, 0.1) is 6.92 Å². The van der Waals surface area contributed by atoms with Crippen molar-refractivity contribution in [1.82, 2.24) is 0 Å². The minimum absolute atomic E-state index is 0.377. The molecule has 78 valence electrons. The maximum atomic E-state index is 9.42. The molecule has 1 aromatic carbocycles. The lowest BCUT2D eigenvalue weighted by Crippen LogP contribution is -2.37. The Kier molecular flexibility index (Phi) is 2.86. The second kappa shape index (κ2) is 3.62. The number of nitrogens with zero attached hydrogens (tertiary/aromatic N) is 1. The standard InChI is InChI=1S/C12H19NO/c1-9-8-11(6-7-12(9)14)10(2)13(3,4)5/h6-8,10H,1-5H3/p+1. The summed E-state index contributed by atoms with van der Waals surface area (Å²) < 4.78 is 0.893. The first kappa shape index (κ1) is 11.1. The van der Waals surface area contributed by atoms with Crippen LogP contribution >= 0.6 is 0 Å². The molecule has 0 fully saturated rings. The maximum absolute atomic E-state index is 9.42. The molecule has 2 nitrogen and oxygen atoms in total. The molecule has 0 spiro atoms. The highest BCUT2D eigenvalue weighted by molar-refractivity contribution is 5.35. The van der Waals surface area contributed by atoms with Gasteiger partial charge in [0.1, 0.15) is 11.8 Å². The second-order valence-corrected chi connectivity index (χ2v) is 4.84. The Bertz CT molecular complexity index is 326. The summed E-state index contributed by atoms with van der Waals surface area (Å²) in [5.74, 6) is 0.377. The van der Waals surface area contributed by atoms with Gasteiger partial charge in [-0.15, -0.1) is 0 Å². The van der Waals surface area contributed by atoms with Crippen LogP contribution in [0.1, 0.15) is 24.1 Å². The van der Waals surface area contributed by atoms with Crippen molar-refractivity contribution in [2.24, 2.45) is 0 Å². The Balaban J connectivity index is 3.03. The molecule has 0 aliphatic carbocycles. The summed E-state index contributed by atoms with van der Waals surface area (Å²) in [6, 6.07) is 6.27. The summed E-state index contributed by atoms with van der Waals surface area (Å²) in [7, 11) is 6.52. The van der Waals surface area contributed by atoms with Crippen molar-refractivity contribution in [1.29, 1.82) is 0 Å². The molecule has 0 aromatic heterocycles. The zero-order chi connectivity index (χ0) is 10.9. The predicted octanol–water partition coefficient (Wildman–Crippen LogP) is 2.47. The van der Waals surface area contributed by atoms with Crippen LogP contribution in [-0.4, -0.2) is 30.7 Å². The smallest absolute Gasteiger partial charge is 0.118 e. The summed E-state index contributed by atoms with van der Waals surface area (Å²) in [5.41, 5.74) is 2.22. The van der Waals surface area contributed by atoms with Crippen LogP contribution in [-0.2, 0) is 0 Å². The van der Waals surface area contributed by atoms with Crippen LogP contribution in [0.2, 0.25) is 0 Å². The van der Waals surface area contributed by atoms with E-state index in [-0.39, 0.29) is 0 Å². The Labute approximate surface area is 86.4 Å². The fraction of sp³-hybridized carbons (Fsp3) is 0.500. The lowest BCUT2D eigenvalue weighted by molar-refractivity contribution is -0.900. The molecule has 0 aliphatic heterocycles. The number of phenolic OH excluding ortho intramolecular Hbond substituents is 1. The van der Waals surface area contributed by atoms with Gasteiger partial charge in [0.25, 0.3) is 0 Å². The summed E-state index contributed by atoms with van der Waals surface area (Å²) in [5, 5.41) is 9.42. The SMILES string of the molecule is Cc1cc(C(C)[N+](C)(C)C)ccc1O. The highest BCUT2D eigenvalue weighted by atomic mass is 16.3. The van der Waals surface area contributed by atoms with Gasteiger partial charge in [0.05, 0.1) is 21.1 Å². The third-order valence-electron chi connectivity index (χ3n) is 2.87. The number of rotatable bonds is 2. The lowest BCUT2D eigenvalue weighted by Gasteiger charge is -2.32. The van der Waals surface area contributed by atoms with Crippen molar-refractivity contribution in [3.8, 4) is 5.75 Å². The first-order valence-electron chi connectivity index (χ1n) is 4.93. The van der Waals surface area contributed by atoms with Crippen LogP contribution in [0.5, 0.6) is 5.75 Å². The molecule has 1 rings (SSSR count). The van der Waals surface area contributed by atoms with Crippen molar-refractivity contribution < 1.29 is 9.59 Å². The Hall–Kier alpha value is -1.02. The summed E-state index contributed by atoms with van der Waals surface area (Å²) >= 11 is 0. The monoisotopic (exact) mass is 194 g/mol. The zero-order valence-electron chi connectivity index (χ0n) is 9.70. The third kappa shape index (κ3) is 2.26. The van der Waals surface area contributed by atoms with Gasteiger partial charge >= 0.3 is 0 Å². The van der Waals surface area contributed by atoms with E-state index in [1.165, 1.54) is 5.56 Å². The van der Waals surface area contributed by atoms with Gasteiger partial charge in [-0.3, -0.25) is 0 Å². The molecular formula is C12H20NO+. The molecule has 0 saturated carbocycles. The summed E-state index contributed by atoms with van der Waals surface area (Å²) in [4.78, 5) is 0. The second-order valence-electron chi connectivity index (χ2n) is 4.84. The van der Waals surface area contributed by atoms with Gasteiger partial charge in [-0.2, -0.15) is 0 Å². The molecule has 0 heterocycles. The number of hydrogen-bond acceptors (Lipinski definition) is 1. The average Bonchev–Trinajstić information content (AvgIpc) is 2.07. The molecular weight excluding hydrogens is 174 g/mol. The molecule has 2 heteroatoms. The zero-order valence-corrected chi connectivity index (χ0v) is 9.70. The predicted molar refractivity (Wildman–Crippen MR) is 59.3 cm³/mol. The van der Waals surface area contributed by atoms with Gasteiger partial charge in [0, 0.05) is 5.56 Å². The largest absolute Gasteiger partial charge is 0.508 e. The quantitative estimate of drug-likeness (QED) is 0.717. The van der Waals surface area contributed by atoms with Gasteiger partial charge in [0.2, 0.25) is 0 Å². The van der Waals surface area contributed by atoms with E-state index in [0.29, 0.717) is 11.8 Å². The fourth-order valence-corrected chi connectivity index (χ4v) is 1.39. The van der Waals surface area contributed by atoms with E-state index >= 15 is 0 Å². The molecule has 0 amide bonds. The molecule has 1 unspecified atom stereocenters. The highest BCUT2D eigenvalue weighted by Gasteiger charge is 2.20. The minimum Gasteiger partial charge on any atom is -0.508 e. The molecule has 1 aromatic rings. The van der Waals surface area contributed by atoms with Gasteiger partial charge in [-0.1, -0.05) is 0 Å². The van der Waals surface area contributed by atoms with Crippen LogP contribution < -0.4 is 0 Å². The minimum atomic E-state index is 0.377. The van der Waals surface area contributed by atoms with Gasteiger partial charge in [-0.05, 0) is 37.6 Å². The van der Waals surface area contributed by atoms with Crippen molar-refractivity contribution >= 4 is 0 Å². The Morgan fingerprint density at radius 3 is 2.21 bits per heavy atom. The fourth-order valence-electron chi connectivity index (χ4n) is 1.39. The number of quaternary nitrogens is 1. The van der Waals surface area contributed by atoms with E-state index < -0.39 is 0 Å². The Morgan fingerprint density at radius 1 is 1.21 bits per heavy atom. The molecule has 14 heavy (non-hydrogen) atoms. The molecule has 0 radical (unpaired) electrons. The first-order chi connectivity index (χ1) is 6.32. The van der Waals surface area contributed by atoms with Gasteiger partial charge < -0.3 is 9.59 Å². The first-order valence-corrected chi connectivity index (χ1v) is 4.93. The molecule has 1 N–H and O–H groups in total. The van der Waals surface area contributed by atoms with Crippen molar-refractivity contribution in [3.63, 3.8) is 0 Å². The van der Waals surface area contributed by atoms with E-state index in [1.54, 1.807) is 6.07 Å². The van der Waals surface area contributed by atoms with Crippen molar-refractivity contribution in [2.75, 3.05) is 21.1 Å². The Morgan fingerprint density at radius 2 is 1.79 bits per heavy atom. The highest BCUT2D eigenvalue weighted by Crippen LogP contribution is 2.26. The number of benzene rings is 1. The van der Waals surface area contributed by atoms with Crippen molar-refractivity contribution in [2.45, 2.75) is 19.9 Å². The summed E-state index contributed by atoms with van der Waals surface area (Å²) in [6.45, 7) is 4.13. The van der Waals surface area contributed by atoms with E-state index in [0.717, 1.165) is 10.0 Å². The number of hydrogen-bond donors (Lipinski definition) is 1. The van der Waals surface area contributed by atoms with Gasteiger partial charge in [0.15, 0.2) is 0 Å². The van der Waals surface area contributed by atoms with Crippen LogP contribution in [0.4, 0.5) is 0 Å². The summed E-state index contributed by atoms with van der Waals surface area (Å²) in [6.07, 6.45) is 0. The normalized spacial score (nSPS) is 14.1.